The number of allylic oxidation sites excluding steroid dienone is 16. The summed E-state index contributed by atoms with van der Waals surface area (Å²) >= 11 is 0. The summed E-state index contributed by atoms with van der Waals surface area (Å²) in [6, 6.07) is 0. The van der Waals surface area contributed by atoms with Crippen LogP contribution in [0.2, 0.25) is 0 Å². The smallest absolute Gasteiger partial charge is 0.200 e. The van der Waals surface area contributed by atoms with E-state index in [1.165, 1.54) is 0 Å². The van der Waals surface area contributed by atoms with Crippen LogP contribution < -0.4 is 0 Å². The minimum Gasteiger partial charge on any atom is -0.278 e. The third-order valence-electron chi connectivity index (χ3n) is 10.3. The quantitative estimate of drug-likeness (QED) is 0.199. The van der Waals surface area contributed by atoms with Crippen molar-refractivity contribution in [2.24, 2.45) is 23.7 Å². The molecule has 0 aromatic carbocycles. The molecule has 0 bridgehead atoms. The molecule has 0 amide bonds. The maximum absolute atomic E-state index is 18.1. The summed E-state index contributed by atoms with van der Waals surface area (Å²) in [7, 11) is 0. The second-order valence-electron chi connectivity index (χ2n) is 12.0. The van der Waals surface area contributed by atoms with Crippen molar-refractivity contribution in [1.82, 2.24) is 0 Å². The van der Waals surface area contributed by atoms with Crippen LogP contribution in [0.3, 0.4) is 0 Å². The van der Waals surface area contributed by atoms with Crippen molar-refractivity contribution in [2.75, 3.05) is 0 Å². The molecule has 0 aromatic heterocycles. The highest BCUT2D eigenvalue weighted by Gasteiger charge is 2.89. The fraction of sp³-hybridized carbons (Fsp3) is 0.429. The van der Waals surface area contributed by atoms with Gasteiger partial charge in [0.2, 0.25) is 0 Å². The molecule has 0 saturated heterocycles. The van der Waals surface area contributed by atoms with E-state index >= 15 is 52.7 Å². The van der Waals surface area contributed by atoms with Gasteiger partial charge >= 0.3 is 0 Å². The second-order valence-corrected chi connectivity index (χ2v) is 12.0. The zero-order valence-electron chi connectivity index (χ0n) is 24.4. The van der Waals surface area contributed by atoms with Gasteiger partial charge in [0.05, 0.1) is 22.3 Å². The van der Waals surface area contributed by atoms with Gasteiger partial charge in [0, 0.05) is 23.7 Å². The Morgan fingerprint density at radius 2 is 0.449 bits per heavy atom. The van der Waals surface area contributed by atoms with E-state index in [0.717, 1.165) is 0 Å². The van der Waals surface area contributed by atoms with Crippen molar-refractivity contribution in [3.63, 3.8) is 0 Å². The summed E-state index contributed by atoms with van der Waals surface area (Å²) in [5.41, 5.74) is -26.0. The molecule has 8 atom stereocenters. The van der Waals surface area contributed by atoms with Crippen molar-refractivity contribution in [3.8, 4) is 0 Å². The Labute approximate surface area is 261 Å². The van der Waals surface area contributed by atoms with Crippen LogP contribution in [0.5, 0.6) is 0 Å². The van der Waals surface area contributed by atoms with Crippen molar-refractivity contribution >= 4 is 6.15 Å². The molecule has 21 heteroatoms. The van der Waals surface area contributed by atoms with Crippen molar-refractivity contribution in [3.05, 3.63) is 93.2 Å². The Balaban J connectivity index is 2.59. The molecule has 4 aliphatic rings. The largest absolute Gasteiger partial charge is 0.278 e. The molecular weight excluding hydrogens is 727 g/mol. The highest BCUT2D eigenvalue weighted by molar-refractivity contribution is 6.92. The third kappa shape index (κ3) is 3.87. The molecule has 8 unspecified atom stereocenters. The van der Waals surface area contributed by atoms with Gasteiger partial charge < -0.3 is 0 Å². The first-order valence-electron chi connectivity index (χ1n) is 13.6. The van der Waals surface area contributed by atoms with Crippen molar-refractivity contribution in [1.29, 1.82) is 0 Å². The van der Waals surface area contributed by atoms with Gasteiger partial charge in [-0.3, -0.25) is 17.6 Å². The van der Waals surface area contributed by atoms with Crippen LogP contribution in [0.4, 0.5) is 87.8 Å². The van der Waals surface area contributed by atoms with E-state index < -0.39 is 173 Å². The van der Waals surface area contributed by atoms with E-state index in [9.17, 15) is 35.1 Å². The first-order valence-corrected chi connectivity index (χ1v) is 13.6. The summed E-state index contributed by atoms with van der Waals surface area (Å²) in [5, 5.41) is 0. The molecule has 0 aliphatic heterocycles. The Morgan fingerprint density at radius 3 is 0.592 bits per heavy atom. The molecule has 0 spiro atoms. The second kappa shape index (κ2) is 11.3. The lowest BCUT2D eigenvalue weighted by atomic mass is 8.96. The monoisotopic (exact) mass is 743 g/mol. The fourth-order valence-electron chi connectivity index (χ4n) is 7.83. The third-order valence-corrected chi connectivity index (χ3v) is 10.3. The Morgan fingerprint density at radius 1 is 0.306 bits per heavy atom. The summed E-state index contributed by atoms with van der Waals surface area (Å²) in [4.78, 5) is 0. The Bertz CT molecular complexity index is 1550. The Kier molecular flexibility index (Phi) is 8.85. The van der Waals surface area contributed by atoms with Crippen LogP contribution >= 0.6 is 0 Å². The molecule has 0 saturated carbocycles. The average Bonchev–Trinajstić information content (AvgIpc) is 3.08. The van der Waals surface area contributed by atoms with Crippen LogP contribution in [0.15, 0.2) is 93.2 Å². The standard InChI is InChI=1S/C28H16BF20/c1-5-9(30)13(34)17(38)21(42)25(5,46)29(26(47)6(2)10(31)14(35)18(39)22(26)43,27(48)7(3)11(32)15(36)19(40)23(27)44)28(49)8(4)12(33)16(37)20(41)24(28)45/h5-8H,1-4H3/q-1. The summed E-state index contributed by atoms with van der Waals surface area (Å²) < 4.78 is 315. The van der Waals surface area contributed by atoms with Gasteiger partial charge in [-0.15, -0.1) is 0 Å². The minimum atomic E-state index is -8.26. The van der Waals surface area contributed by atoms with Gasteiger partial charge in [0.1, 0.15) is 46.6 Å². The van der Waals surface area contributed by atoms with Crippen molar-refractivity contribution < 1.29 is 87.8 Å². The number of hydrogen-bond acceptors (Lipinski definition) is 0. The molecular formula is C28H16BF20-. The average molecular weight is 743 g/mol. The van der Waals surface area contributed by atoms with Crippen LogP contribution in [0.1, 0.15) is 27.7 Å². The topological polar surface area (TPSA) is 0 Å². The van der Waals surface area contributed by atoms with Gasteiger partial charge in [-0.2, -0.15) is 0 Å². The fourth-order valence-corrected chi connectivity index (χ4v) is 7.83. The molecule has 0 aromatic rings. The Hall–Kier alpha value is -3.42. The molecule has 0 nitrogen and oxygen atoms in total. The molecule has 0 N–H and O–H groups in total. The van der Waals surface area contributed by atoms with E-state index in [1.54, 1.807) is 0 Å². The van der Waals surface area contributed by atoms with E-state index in [4.69, 9.17) is 0 Å². The lowest BCUT2D eigenvalue weighted by Crippen LogP contribution is -2.92. The summed E-state index contributed by atoms with van der Waals surface area (Å²) in [5.74, 6) is -73.4. The van der Waals surface area contributed by atoms with Gasteiger partial charge in [-0.05, 0) is 0 Å². The minimum absolute atomic E-state index is 0.414. The number of rotatable bonds is 4. The van der Waals surface area contributed by atoms with Crippen LogP contribution in [-0.4, -0.2) is 28.4 Å². The van der Waals surface area contributed by atoms with Gasteiger partial charge in [-0.25, -0.2) is 70.2 Å². The molecule has 4 aliphatic carbocycles. The normalized spacial score (nSPS) is 39.7. The molecule has 0 heterocycles. The lowest BCUT2D eigenvalue weighted by molar-refractivity contribution is 0.0265. The summed E-state index contributed by atoms with van der Waals surface area (Å²) in [6.07, 6.45) is -8.26. The maximum atomic E-state index is 18.1. The number of hydrogen-bond donors (Lipinski definition) is 0. The highest BCUT2D eigenvalue weighted by atomic mass is 19.2. The van der Waals surface area contributed by atoms with E-state index in [2.05, 4.69) is 0 Å². The zero-order chi connectivity index (χ0) is 38.0. The van der Waals surface area contributed by atoms with Crippen LogP contribution in [0.25, 0.3) is 0 Å². The van der Waals surface area contributed by atoms with Crippen LogP contribution in [0, 0.1) is 23.7 Å². The zero-order valence-corrected chi connectivity index (χ0v) is 24.4. The molecule has 272 valence electrons. The molecule has 4 rings (SSSR count). The first-order chi connectivity index (χ1) is 22.2. The number of halogens is 20. The van der Waals surface area contributed by atoms with E-state index in [1.807, 2.05) is 0 Å². The van der Waals surface area contributed by atoms with Gasteiger partial charge in [0.25, 0.3) is 0 Å². The lowest BCUT2D eigenvalue weighted by Gasteiger charge is -2.72. The SMILES string of the molecule is CC1C(F)=C(F)C(F)=C(F)C1(F)[B-](C1(F)C(F)=C(F)C(F)=C(F)C1C)(C1(F)C(F)=C(F)C(F)=C(F)C1C)C1(F)C(F)=C(F)C(F)=C(F)C1C. The highest BCUT2D eigenvalue weighted by Crippen LogP contribution is 2.74. The van der Waals surface area contributed by atoms with E-state index in [-0.39, 0.29) is 0 Å². The first kappa shape index (κ1) is 38.4. The molecule has 49 heavy (non-hydrogen) atoms. The predicted molar refractivity (Wildman–Crippen MR) is 132 cm³/mol. The van der Waals surface area contributed by atoms with E-state index in [0.29, 0.717) is 0 Å². The van der Waals surface area contributed by atoms with Gasteiger partial charge in [0.15, 0.2) is 52.8 Å². The predicted octanol–water partition coefficient (Wildman–Crippen LogP) is 12.2. The van der Waals surface area contributed by atoms with Crippen LogP contribution in [-0.2, 0) is 0 Å². The molecule has 0 radical (unpaired) electrons. The maximum Gasteiger partial charge on any atom is 0.200 e. The molecule has 0 fully saturated rings. The summed E-state index contributed by atoms with van der Waals surface area (Å²) in [6.45, 7) is -1.66. The van der Waals surface area contributed by atoms with Crippen molar-refractivity contribution in [2.45, 2.75) is 50.0 Å². The van der Waals surface area contributed by atoms with Gasteiger partial charge in [-0.1, -0.05) is 27.7 Å². The number of alkyl halides is 4.